The molecule has 0 radical (unpaired) electrons. The van der Waals surface area contributed by atoms with E-state index < -0.39 is 4.92 Å². The van der Waals surface area contributed by atoms with Crippen molar-refractivity contribution in [2.75, 3.05) is 0 Å². The van der Waals surface area contributed by atoms with Gasteiger partial charge in [0.2, 0.25) is 0 Å². The van der Waals surface area contributed by atoms with Gasteiger partial charge in [-0.05, 0) is 23.3 Å². The van der Waals surface area contributed by atoms with Gasteiger partial charge in [-0.3, -0.25) is 19.7 Å². The maximum Gasteiger partial charge on any atom is 0.270 e. The molecule has 2 aromatic carbocycles. The van der Waals surface area contributed by atoms with E-state index in [0.29, 0.717) is 34.1 Å². The zero-order valence-electron chi connectivity index (χ0n) is 9.62. The van der Waals surface area contributed by atoms with E-state index in [1.807, 2.05) is 0 Å². The third-order valence-electron chi connectivity index (χ3n) is 3.17. The molecule has 1 aliphatic carbocycles. The van der Waals surface area contributed by atoms with Crippen LogP contribution < -0.4 is 0 Å². The van der Waals surface area contributed by atoms with E-state index in [2.05, 4.69) is 0 Å². The van der Waals surface area contributed by atoms with Crippen molar-refractivity contribution in [2.45, 2.75) is 0 Å². The Bertz CT molecular complexity index is 749. The van der Waals surface area contributed by atoms with E-state index in [1.165, 1.54) is 18.2 Å². The number of benzene rings is 2. The summed E-state index contributed by atoms with van der Waals surface area (Å²) in [5.41, 5.74) is 2.40. The summed E-state index contributed by atoms with van der Waals surface area (Å²) < 4.78 is 0. The molecule has 0 bridgehead atoms. The van der Waals surface area contributed by atoms with Gasteiger partial charge in [0.25, 0.3) is 5.69 Å². The summed E-state index contributed by atoms with van der Waals surface area (Å²) >= 11 is 0. The van der Waals surface area contributed by atoms with Gasteiger partial charge in [0.05, 0.1) is 4.92 Å². The summed E-state index contributed by atoms with van der Waals surface area (Å²) in [6, 6.07) is 9.03. The largest absolute Gasteiger partial charge is 0.298 e. The standard InChI is InChI=1S/C14H7NO4/c16-7-8-1-3-10-11-4-2-9(15(18)19)6-13(11)14(17)12(10)5-8/h1-7H. The van der Waals surface area contributed by atoms with Crippen LogP contribution in [-0.4, -0.2) is 17.0 Å². The first-order valence-corrected chi connectivity index (χ1v) is 5.54. The highest BCUT2D eigenvalue weighted by atomic mass is 16.6. The fourth-order valence-corrected chi connectivity index (χ4v) is 2.27. The number of ketones is 1. The molecule has 0 aliphatic heterocycles. The molecule has 0 unspecified atom stereocenters. The molecule has 0 N–H and O–H groups in total. The second kappa shape index (κ2) is 3.84. The first-order chi connectivity index (χ1) is 9.11. The molecular weight excluding hydrogens is 246 g/mol. The summed E-state index contributed by atoms with van der Waals surface area (Å²) in [5, 5.41) is 10.7. The Morgan fingerprint density at radius 3 is 2.21 bits per heavy atom. The summed E-state index contributed by atoms with van der Waals surface area (Å²) in [4.78, 5) is 33.1. The molecule has 3 rings (SSSR count). The maximum absolute atomic E-state index is 12.2. The van der Waals surface area contributed by atoms with Crippen molar-refractivity contribution >= 4 is 17.8 Å². The van der Waals surface area contributed by atoms with Crippen molar-refractivity contribution in [2.24, 2.45) is 0 Å². The molecule has 0 fully saturated rings. The molecule has 0 amide bonds. The van der Waals surface area contributed by atoms with E-state index in [1.54, 1.807) is 18.2 Å². The lowest BCUT2D eigenvalue weighted by atomic mass is 10.0. The van der Waals surface area contributed by atoms with E-state index in [4.69, 9.17) is 0 Å². The zero-order valence-corrected chi connectivity index (χ0v) is 9.62. The average Bonchev–Trinajstić information content (AvgIpc) is 2.71. The number of nitro groups is 1. The van der Waals surface area contributed by atoms with Crippen molar-refractivity contribution in [3.05, 3.63) is 63.2 Å². The van der Waals surface area contributed by atoms with Crippen molar-refractivity contribution in [3.8, 4) is 11.1 Å². The molecule has 0 heterocycles. The van der Waals surface area contributed by atoms with Crippen LogP contribution in [0.4, 0.5) is 5.69 Å². The second-order valence-corrected chi connectivity index (χ2v) is 4.24. The van der Waals surface area contributed by atoms with Crippen molar-refractivity contribution in [1.29, 1.82) is 0 Å². The van der Waals surface area contributed by atoms with E-state index in [0.717, 1.165) is 0 Å². The predicted octanol–water partition coefficient (Wildman–Crippen LogP) is 2.62. The number of nitro benzene ring substituents is 1. The number of carbonyl (C=O) groups is 2. The highest BCUT2D eigenvalue weighted by molar-refractivity contribution is 6.22. The Morgan fingerprint density at radius 2 is 1.58 bits per heavy atom. The van der Waals surface area contributed by atoms with Crippen LogP contribution >= 0.6 is 0 Å². The van der Waals surface area contributed by atoms with Gasteiger partial charge in [-0.25, -0.2) is 0 Å². The molecule has 0 saturated carbocycles. The molecule has 19 heavy (non-hydrogen) atoms. The van der Waals surface area contributed by atoms with Gasteiger partial charge in [-0.15, -0.1) is 0 Å². The Balaban J connectivity index is 2.23. The van der Waals surface area contributed by atoms with Crippen molar-refractivity contribution < 1.29 is 14.5 Å². The Hall–Kier alpha value is -2.82. The van der Waals surface area contributed by atoms with Crippen LogP contribution in [0.3, 0.4) is 0 Å². The van der Waals surface area contributed by atoms with Gasteiger partial charge in [0.1, 0.15) is 6.29 Å². The van der Waals surface area contributed by atoms with E-state index in [-0.39, 0.29) is 11.5 Å². The number of nitrogens with zero attached hydrogens (tertiary/aromatic N) is 1. The number of non-ortho nitro benzene ring substituents is 1. The summed E-state index contributed by atoms with van der Waals surface area (Å²) in [6.45, 7) is 0. The highest BCUT2D eigenvalue weighted by Crippen LogP contribution is 2.38. The molecule has 5 nitrogen and oxygen atoms in total. The predicted molar refractivity (Wildman–Crippen MR) is 67.4 cm³/mol. The molecule has 0 aromatic heterocycles. The van der Waals surface area contributed by atoms with Crippen LogP contribution in [0.25, 0.3) is 11.1 Å². The lowest BCUT2D eigenvalue weighted by Crippen LogP contribution is -1.97. The first-order valence-electron chi connectivity index (χ1n) is 5.54. The first kappa shape index (κ1) is 11.3. The molecule has 0 atom stereocenters. The van der Waals surface area contributed by atoms with Gasteiger partial charge in [-0.1, -0.05) is 12.1 Å². The number of hydrogen-bond donors (Lipinski definition) is 0. The van der Waals surface area contributed by atoms with Gasteiger partial charge >= 0.3 is 0 Å². The third-order valence-corrected chi connectivity index (χ3v) is 3.17. The fourth-order valence-electron chi connectivity index (χ4n) is 2.27. The smallest absolute Gasteiger partial charge is 0.270 e. The number of carbonyl (C=O) groups excluding carboxylic acids is 2. The van der Waals surface area contributed by atoms with Crippen LogP contribution in [0, 0.1) is 10.1 Å². The number of hydrogen-bond acceptors (Lipinski definition) is 4. The van der Waals surface area contributed by atoms with Crippen LogP contribution in [0.5, 0.6) is 0 Å². The maximum atomic E-state index is 12.2. The van der Waals surface area contributed by atoms with Crippen molar-refractivity contribution in [1.82, 2.24) is 0 Å². The average molecular weight is 253 g/mol. The minimum Gasteiger partial charge on any atom is -0.298 e. The molecule has 2 aromatic rings. The Kier molecular flexibility index (Phi) is 2.28. The topological polar surface area (TPSA) is 77.3 Å². The number of aldehydes is 1. The molecular formula is C14H7NO4. The number of fused-ring (bicyclic) bond motifs is 3. The van der Waals surface area contributed by atoms with Crippen LogP contribution in [0.2, 0.25) is 0 Å². The SMILES string of the molecule is O=Cc1ccc2c(c1)C(=O)c1cc([N+](=O)[O-])ccc1-2. The van der Waals surface area contributed by atoms with Crippen LogP contribution in [-0.2, 0) is 0 Å². The quantitative estimate of drug-likeness (QED) is 0.399. The molecule has 1 aliphatic rings. The monoisotopic (exact) mass is 253 g/mol. The summed E-state index contributed by atoms with van der Waals surface area (Å²) in [5.74, 6) is -0.280. The van der Waals surface area contributed by atoms with E-state index in [9.17, 15) is 19.7 Å². The third kappa shape index (κ3) is 1.55. The minimum absolute atomic E-state index is 0.115. The highest BCUT2D eigenvalue weighted by Gasteiger charge is 2.28. The van der Waals surface area contributed by atoms with Crippen LogP contribution in [0.15, 0.2) is 36.4 Å². The molecule has 5 heteroatoms. The molecule has 0 saturated heterocycles. The lowest BCUT2D eigenvalue weighted by Gasteiger charge is -1.99. The fraction of sp³-hybridized carbons (Fsp3) is 0. The van der Waals surface area contributed by atoms with Crippen LogP contribution in [0.1, 0.15) is 26.3 Å². The molecule has 0 spiro atoms. The zero-order chi connectivity index (χ0) is 13.6. The Morgan fingerprint density at radius 1 is 0.947 bits per heavy atom. The summed E-state index contributed by atoms with van der Waals surface area (Å²) in [7, 11) is 0. The minimum atomic E-state index is -0.534. The van der Waals surface area contributed by atoms with Gasteiger partial charge in [0, 0.05) is 28.8 Å². The molecule has 92 valence electrons. The normalized spacial score (nSPS) is 11.9. The Labute approximate surface area is 107 Å². The van der Waals surface area contributed by atoms with Gasteiger partial charge in [-0.2, -0.15) is 0 Å². The van der Waals surface area contributed by atoms with Gasteiger partial charge < -0.3 is 0 Å². The van der Waals surface area contributed by atoms with Gasteiger partial charge in [0.15, 0.2) is 5.78 Å². The van der Waals surface area contributed by atoms with E-state index >= 15 is 0 Å². The summed E-state index contributed by atoms with van der Waals surface area (Å²) in [6.07, 6.45) is 0.666. The van der Waals surface area contributed by atoms with Crippen molar-refractivity contribution in [3.63, 3.8) is 0 Å². The lowest BCUT2D eigenvalue weighted by molar-refractivity contribution is -0.384. The number of rotatable bonds is 2. The second-order valence-electron chi connectivity index (χ2n) is 4.24.